The highest BCUT2D eigenvalue weighted by Crippen LogP contribution is 2.35. The van der Waals surface area contributed by atoms with Crippen LogP contribution in [0, 0.1) is 17.8 Å². The topological polar surface area (TPSA) is 0 Å². The third-order valence-electron chi connectivity index (χ3n) is 3.24. The molecule has 0 aromatic rings. The van der Waals surface area contributed by atoms with Crippen LogP contribution in [0.1, 0.15) is 59.3 Å². The van der Waals surface area contributed by atoms with Gasteiger partial charge in [-0.25, -0.2) is 0 Å². The SMILES string of the molecule is CCCCC1CC(C)CC(C)C1. The predicted molar refractivity (Wildman–Crippen MR) is 55.2 cm³/mol. The molecule has 72 valence electrons. The molecule has 1 fully saturated rings. The van der Waals surface area contributed by atoms with Gasteiger partial charge in [0.25, 0.3) is 0 Å². The molecule has 1 rings (SSSR count). The van der Waals surface area contributed by atoms with Gasteiger partial charge < -0.3 is 0 Å². The van der Waals surface area contributed by atoms with Gasteiger partial charge in [0.15, 0.2) is 0 Å². The van der Waals surface area contributed by atoms with Crippen molar-refractivity contribution in [3.05, 3.63) is 0 Å². The molecular weight excluding hydrogens is 144 g/mol. The van der Waals surface area contributed by atoms with Crippen LogP contribution in [0.3, 0.4) is 0 Å². The molecule has 0 heteroatoms. The van der Waals surface area contributed by atoms with Crippen LogP contribution >= 0.6 is 0 Å². The molecule has 0 aliphatic heterocycles. The molecule has 0 nitrogen and oxygen atoms in total. The molecule has 1 aliphatic carbocycles. The summed E-state index contributed by atoms with van der Waals surface area (Å²) in [7, 11) is 0. The zero-order chi connectivity index (χ0) is 8.97. The first kappa shape index (κ1) is 10.1. The van der Waals surface area contributed by atoms with Gasteiger partial charge in [0.1, 0.15) is 0 Å². The Kier molecular flexibility index (Phi) is 4.11. The molecule has 0 amide bonds. The van der Waals surface area contributed by atoms with E-state index in [4.69, 9.17) is 0 Å². The normalized spacial score (nSPS) is 36.8. The Morgan fingerprint density at radius 2 is 1.58 bits per heavy atom. The molecule has 0 saturated heterocycles. The van der Waals surface area contributed by atoms with E-state index in [0.717, 1.165) is 17.8 Å². The van der Waals surface area contributed by atoms with Crippen LogP contribution < -0.4 is 0 Å². The molecule has 2 unspecified atom stereocenters. The van der Waals surface area contributed by atoms with Crippen LogP contribution in [-0.4, -0.2) is 0 Å². The third kappa shape index (κ3) is 3.16. The van der Waals surface area contributed by atoms with Gasteiger partial charge in [-0.3, -0.25) is 0 Å². The summed E-state index contributed by atoms with van der Waals surface area (Å²) in [4.78, 5) is 0. The summed E-state index contributed by atoms with van der Waals surface area (Å²) in [5.41, 5.74) is 0. The summed E-state index contributed by atoms with van der Waals surface area (Å²) in [6.45, 7) is 7.15. The quantitative estimate of drug-likeness (QED) is 0.591. The van der Waals surface area contributed by atoms with Gasteiger partial charge in [-0.05, 0) is 37.0 Å². The average molecular weight is 168 g/mol. The van der Waals surface area contributed by atoms with Crippen molar-refractivity contribution < 1.29 is 0 Å². The van der Waals surface area contributed by atoms with E-state index in [0.29, 0.717) is 0 Å². The van der Waals surface area contributed by atoms with Crippen LogP contribution in [0.2, 0.25) is 0 Å². The standard InChI is InChI=1S/C12H24/c1-4-5-6-12-8-10(2)7-11(3)9-12/h10-12H,4-9H2,1-3H3. The fraction of sp³-hybridized carbons (Fsp3) is 1.00. The number of unbranched alkanes of at least 4 members (excludes halogenated alkanes) is 1. The average Bonchev–Trinajstić information content (AvgIpc) is 1.99. The van der Waals surface area contributed by atoms with E-state index in [2.05, 4.69) is 20.8 Å². The highest BCUT2D eigenvalue weighted by molar-refractivity contribution is 4.74. The van der Waals surface area contributed by atoms with E-state index in [1.807, 2.05) is 0 Å². The molecule has 0 spiro atoms. The highest BCUT2D eigenvalue weighted by Gasteiger charge is 2.22. The second-order valence-corrected chi connectivity index (χ2v) is 4.93. The van der Waals surface area contributed by atoms with Crippen molar-refractivity contribution in [1.82, 2.24) is 0 Å². The van der Waals surface area contributed by atoms with Crippen LogP contribution in [0.15, 0.2) is 0 Å². The zero-order valence-corrected chi connectivity index (χ0v) is 8.97. The van der Waals surface area contributed by atoms with Gasteiger partial charge in [0.2, 0.25) is 0 Å². The summed E-state index contributed by atoms with van der Waals surface area (Å²) < 4.78 is 0. The van der Waals surface area contributed by atoms with Crippen molar-refractivity contribution in [1.29, 1.82) is 0 Å². The van der Waals surface area contributed by atoms with Gasteiger partial charge in [-0.1, -0.05) is 40.0 Å². The van der Waals surface area contributed by atoms with Crippen LogP contribution in [-0.2, 0) is 0 Å². The lowest BCUT2D eigenvalue weighted by Gasteiger charge is -2.31. The maximum absolute atomic E-state index is 2.43. The molecule has 1 saturated carbocycles. The Balaban J connectivity index is 2.24. The summed E-state index contributed by atoms with van der Waals surface area (Å²) in [6, 6.07) is 0. The Bertz CT molecular complexity index is 107. The fourth-order valence-corrected chi connectivity index (χ4v) is 2.84. The van der Waals surface area contributed by atoms with E-state index in [9.17, 15) is 0 Å². The minimum atomic E-state index is 0.996. The van der Waals surface area contributed by atoms with Crippen molar-refractivity contribution in [2.24, 2.45) is 17.8 Å². The lowest BCUT2D eigenvalue weighted by atomic mass is 9.75. The molecular formula is C12H24. The number of hydrogen-bond donors (Lipinski definition) is 0. The van der Waals surface area contributed by atoms with Gasteiger partial charge in [-0.15, -0.1) is 0 Å². The minimum Gasteiger partial charge on any atom is -0.0654 e. The van der Waals surface area contributed by atoms with E-state index in [-0.39, 0.29) is 0 Å². The van der Waals surface area contributed by atoms with Crippen molar-refractivity contribution in [2.45, 2.75) is 59.3 Å². The highest BCUT2D eigenvalue weighted by atomic mass is 14.3. The Hall–Kier alpha value is 0. The molecule has 12 heavy (non-hydrogen) atoms. The number of hydrogen-bond acceptors (Lipinski definition) is 0. The summed E-state index contributed by atoms with van der Waals surface area (Å²) in [6.07, 6.45) is 8.80. The maximum Gasteiger partial charge on any atom is -0.0409 e. The Labute approximate surface area is 77.7 Å². The smallest absolute Gasteiger partial charge is 0.0409 e. The van der Waals surface area contributed by atoms with Crippen molar-refractivity contribution in [3.63, 3.8) is 0 Å². The zero-order valence-electron chi connectivity index (χ0n) is 8.97. The molecule has 0 radical (unpaired) electrons. The second-order valence-electron chi connectivity index (χ2n) is 4.93. The van der Waals surface area contributed by atoms with Crippen LogP contribution in [0.5, 0.6) is 0 Å². The molecule has 0 bridgehead atoms. The monoisotopic (exact) mass is 168 g/mol. The van der Waals surface area contributed by atoms with Crippen molar-refractivity contribution >= 4 is 0 Å². The fourth-order valence-electron chi connectivity index (χ4n) is 2.84. The van der Waals surface area contributed by atoms with E-state index in [1.165, 1.54) is 38.5 Å². The first-order chi connectivity index (χ1) is 5.72. The maximum atomic E-state index is 2.43. The van der Waals surface area contributed by atoms with E-state index >= 15 is 0 Å². The van der Waals surface area contributed by atoms with Crippen molar-refractivity contribution in [3.8, 4) is 0 Å². The third-order valence-corrected chi connectivity index (χ3v) is 3.24. The van der Waals surface area contributed by atoms with Gasteiger partial charge in [0, 0.05) is 0 Å². The summed E-state index contributed by atoms with van der Waals surface area (Å²) >= 11 is 0. The molecule has 1 aliphatic rings. The first-order valence-electron chi connectivity index (χ1n) is 5.72. The van der Waals surface area contributed by atoms with Crippen LogP contribution in [0.25, 0.3) is 0 Å². The lowest BCUT2D eigenvalue weighted by Crippen LogP contribution is -2.19. The molecule has 2 atom stereocenters. The van der Waals surface area contributed by atoms with Gasteiger partial charge >= 0.3 is 0 Å². The Morgan fingerprint density at radius 1 is 1.00 bits per heavy atom. The second kappa shape index (κ2) is 4.89. The predicted octanol–water partition coefficient (Wildman–Crippen LogP) is 4.25. The molecule has 0 N–H and O–H groups in total. The number of rotatable bonds is 3. The van der Waals surface area contributed by atoms with E-state index < -0.39 is 0 Å². The minimum absolute atomic E-state index is 0.996. The van der Waals surface area contributed by atoms with Gasteiger partial charge in [-0.2, -0.15) is 0 Å². The van der Waals surface area contributed by atoms with E-state index in [1.54, 1.807) is 0 Å². The summed E-state index contributed by atoms with van der Waals surface area (Å²) in [5, 5.41) is 0. The lowest BCUT2D eigenvalue weighted by molar-refractivity contribution is 0.207. The van der Waals surface area contributed by atoms with Crippen LogP contribution in [0.4, 0.5) is 0 Å². The molecule has 0 aromatic heterocycles. The van der Waals surface area contributed by atoms with Gasteiger partial charge in [0.05, 0.1) is 0 Å². The molecule has 0 aromatic carbocycles. The first-order valence-corrected chi connectivity index (χ1v) is 5.72. The Morgan fingerprint density at radius 3 is 2.08 bits per heavy atom. The largest absolute Gasteiger partial charge is 0.0654 e. The summed E-state index contributed by atoms with van der Waals surface area (Å²) in [5.74, 6) is 3.05. The van der Waals surface area contributed by atoms with Crippen molar-refractivity contribution in [2.75, 3.05) is 0 Å². The molecule has 0 heterocycles.